The molecular formula is C13H16F3N3. The van der Waals surface area contributed by atoms with Crippen LogP contribution in [0.4, 0.5) is 19.0 Å². The van der Waals surface area contributed by atoms with Crippen LogP contribution in [0.25, 0.3) is 0 Å². The van der Waals surface area contributed by atoms with Crippen LogP contribution in [-0.2, 0) is 6.54 Å². The lowest BCUT2D eigenvalue weighted by molar-refractivity contribution is -0.332. The van der Waals surface area contributed by atoms with Crippen molar-refractivity contribution in [2.45, 2.75) is 37.5 Å². The van der Waals surface area contributed by atoms with Gasteiger partial charge in [0.15, 0.2) is 0 Å². The normalized spacial score (nSPS) is 32.5. The molecule has 0 amide bonds. The second-order valence-electron chi connectivity index (χ2n) is 5.82. The predicted molar refractivity (Wildman–Crippen MR) is 65.6 cm³/mol. The Bertz CT molecular complexity index is 475. The number of nitrogens with zero attached hydrogens (tertiary/aromatic N) is 2. The summed E-state index contributed by atoms with van der Waals surface area (Å²) in [6, 6.07) is 3.69. The van der Waals surface area contributed by atoms with Crippen LogP contribution in [-0.4, -0.2) is 23.7 Å². The molecule has 0 spiro atoms. The molecule has 2 bridgehead atoms. The molecule has 1 heterocycles. The minimum Gasteiger partial charge on any atom is -0.354 e. The Morgan fingerprint density at radius 2 is 1.95 bits per heavy atom. The summed E-state index contributed by atoms with van der Waals surface area (Å²) in [5.41, 5.74) is 4.65. The standard InChI is InChI=1S/C13H16F3N3/c1-19(10-3-2-9(4-17)5-18-10)12-6-11(7-12,8-12)13(14,15)16/h2-3,5H,4,6-8,17H2,1H3. The van der Waals surface area contributed by atoms with Gasteiger partial charge in [-0.1, -0.05) is 6.07 Å². The van der Waals surface area contributed by atoms with Crippen LogP contribution in [0.15, 0.2) is 18.3 Å². The molecule has 104 valence electrons. The van der Waals surface area contributed by atoms with Crippen LogP contribution in [0.3, 0.4) is 0 Å². The molecule has 0 aliphatic heterocycles. The van der Waals surface area contributed by atoms with Crippen molar-refractivity contribution in [2.24, 2.45) is 11.1 Å². The van der Waals surface area contributed by atoms with Crippen molar-refractivity contribution >= 4 is 5.82 Å². The third-order valence-corrected chi connectivity index (χ3v) is 4.70. The van der Waals surface area contributed by atoms with Gasteiger partial charge in [0.25, 0.3) is 0 Å². The summed E-state index contributed by atoms with van der Waals surface area (Å²) in [6.45, 7) is 0.416. The summed E-state index contributed by atoms with van der Waals surface area (Å²) >= 11 is 0. The van der Waals surface area contributed by atoms with E-state index < -0.39 is 11.6 Å². The number of pyridine rings is 1. The van der Waals surface area contributed by atoms with E-state index in [9.17, 15) is 13.2 Å². The van der Waals surface area contributed by atoms with Gasteiger partial charge < -0.3 is 10.6 Å². The number of anilines is 1. The molecule has 0 radical (unpaired) electrons. The summed E-state index contributed by atoms with van der Waals surface area (Å²) in [6.07, 6.45) is -1.80. The van der Waals surface area contributed by atoms with Crippen LogP contribution in [0.5, 0.6) is 0 Å². The van der Waals surface area contributed by atoms with Crippen LogP contribution >= 0.6 is 0 Å². The Morgan fingerprint density at radius 1 is 1.32 bits per heavy atom. The van der Waals surface area contributed by atoms with E-state index in [0.717, 1.165) is 5.56 Å². The van der Waals surface area contributed by atoms with Gasteiger partial charge in [0, 0.05) is 25.3 Å². The lowest BCUT2D eigenvalue weighted by Gasteiger charge is -2.73. The van der Waals surface area contributed by atoms with Gasteiger partial charge in [-0.2, -0.15) is 13.2 Å². The first-order valence-electron chi connectivity index (χ1n) is 6.28. The van der Waals surface area contributed by atoms with Crippen LogP contribution < -0.4 is 10.6 Å². The van der Waals surface area contributed by atoms with Gasteiger partial charge >= 0.3 is 6.18 Å². The molecule has 0 aromatic carbocycles. The first-order chi connectivity index (χ1) is 8.82. The average molecular weight is 271 g/mol. The zero-order valence-corrected chi connectivity index (χ0v) is 10.7. The second-order valence-corrected chi connectivity index (χ2v) is 5.82. The molecule has 3 fully saturated rings. The summed E-state index contributed by atoms with van der Waals surface area (Å²) in [7, 11) is 1.82. The number of aromatic nitrogens is 1. The van der Waals surface area contributed by atoms with E-state index in [1.54, 1.807) is 6.20 Å². The fraction of sp³-hybridized carbons (Fsp3) is 0.615. The molecule has 3 aliphatic carbocycles. The Morgan fingerprint density at radius 3 is 2.37 bits per heavy atom. The molecule has 0 atom stereocenters. The first-order valence-corrected chi connectivity index (χ1v) is 6.28. The Kier molecular flexibility index (Phi) is 2.43. The van der Waals surface area contributed by atoms with Crippen molar-refractivity contribution < 1.29 is 13.2 Å². The van der Waals surface area contributed by atoms with Gasteiger partial charge in [0.05, 0.1) is 5.41 Å². The summed E-state index contributed by atoms with van der Waals surface area (Å²) in [5, 5.41) is 0. The van der Waals surface area contributed by atoms with E-state index in [-0.39, 0.29) is 24.8 Å². The van der Waals surface area contributed by atoms with Crippen molar-refractivity contribution in [3.63, 3.8) is 0 Å². The molecule has 3 nitrogen and oxygen atoms in total. The minimum atomic E-state index is -4.06. The Labute approximate surface area is 109 Å². The Balaban J connectivity index is 1.72. The average Bonchev–Trinajstić information content (AvgIpc) is 2.23. The van der Waals surface area contributed by atoms with Crippen molar-refractivity contribution in [3.05, 3.63) is 23.9 Å². The highest BCUT2D eigenvalue weighted by atomic mass is 19.4. The van der Waals surface area contributed by atoms with Crippen molar-refractivity contribution in [3.8, 4) is 0 Å². The molecule has 0 saturated heterocycles. The van der Waals surface area contributed by atoms with E-state index in [1.165, 1.54) is 0 Å². The van der Waals surface area contributed by atoms with Crippen molar-refractivity contribution in [1.29, 1.82) is 0 Å². The fourth-order valence-corrected chi connectivity index (χ4v) is 3.37. The van der Waals surface area contributed by atoms with Crippen molar-refractivity contribution in [1.82, 2.24) is 4.98 Å². The highest BCUT2D eigenvalue weighted by Crippen LogP contribution is 2.75. The molecule has 0 unspecified atom stereocenters. The number of rotatable bonds is 3. The molecule has 4 rings (SSSR count). The largest absolute Gasteiger partial charge is 0.394 e. The number of hydrogen-bond acceptors (Lipinski definition) is 3. The Hall–Kier alpha value is -1.30. The minimum absolute atomic E-state index is 0.195. The lowest BCUT2D eigenvalue weighted by Crippen LogP contribution is -2.78. The zero-order valence-electron chi connectivity index (χ0n) is 10.7. The third kappa shape index (κ3) is 1.59. The maximum Gasteiger partial charge on any atom is 0.394 e. The molecule has 2 N–H and O–H groups in total. The van der Waals surface area contributed by atoms with Gasteiger partial charge in [-0.3, -0.25) is 0 Å². The van der Waals surface area contributed by atoms with E-state index in [2.05, 4.69) is 4.98 Å². The fourth-order valence-electron chi connectivity index (χ4n) is 3.37. The number of halogens is 3. The van der Waals surface area contributed by atoms with Gasteiger partial charge in [0.2, 0.25) is 0 Å². The predicted octanol–water partition coefficient (Wildman–Crippen LogP) is 2.46. The third-order valence-electron chi connectivity index (χ3n) is 4.70. The SMILES string of the molecule is CN(c1ccc(CN)cn1)C12CC(C(F)(F)F)(C1)C2. The maximum absolute atomic E-state index is 12.8. The molecule has 6 heteroatoms. The van der Waals surface area contributed by atoms with Crippen LogP contribution in [0.2, 0.25) is 0 Å². The monoisotopic (exact) mass is 271 g/mol. The summed E-state index contributed by atoms with van der Waals surface area (Å²) in [4.78, 5) is 6.16. The van der Waals surface area contributed by atoms with E-state index >= 15 is 0 Å². The van der Waals surface area contributed by atoms with E-state index in [1.807, 2.05) is 24.1 Å². The van der Waals surface area contributed by atoms with Crippen LogP contribution in [0, 0.1) is 5.41 Å². The smallest absolute Gasteiger partial charge is 0.354 e. The van der Waals surface area contributed by atoms with Gasteiger partial charge in [-0.15, -0.1) is 0 Å². The summed E-state index contributed by atoms with van der Waals surface area (Å²) in [5.74, 6) is 0.715. The van der Waals surface area contributed by atoms with Gasteiger partial charge in [-0.05, 0) is 30.9 Å². The molecular weight excluding hydrogens is 255 g/mol. The topological polar surface area (TPSA) is 42.1 Å². The second kappa shape index (κ2) is 3.62. The number of hydrogen-bond donors (Lipinski definition) is 1. The molecule has 3 saturated carbocycles. The van der Waals surface area contributed by atoms with Crippen molar-refractivity contribution in [2.75, 3.05) is 11.9 Å². The number of alkyl halides is 3. The quantitative estimate of drug-likeness (QED) is 0.918. The lowest BCUT2D eigenvalue weighted by atomic mass is 9.38. The molecule has 1 aromatic rings. The molecule has 1 aromatic heterocycles. The molecule has 3 aliphatic rings. The number of nitrogens with two attached hydrogens (primary N) is 1. The highest BCUT2D eigenvalue weighted by Gasteiger charge is 2.79. The summed E-state index contributed by atoms with van der Waals surface area (Å²) < 4.78 is 38.4. The van der Waals surface area contributed by atoms with E-state index in [0.29, 0.717) is 12.4 Å². The van der Waals surface area contributed by atoms with E-state index in [4.69, 9.17) is 5.73 Å². The molecule has 19 heavy (non-hydrogen) atoms. The van der Waals surface area contributed by atoms with Gasteiger partial charge in [0.1, 0.15) is 5.82 Å². The van der Waals surface area contributed by atoms with Gasteiger partial charge in [-0.25, -0.2) is 4.98 Å². The van der Waals surface area contributed by atoms with Crippen LogP contribution in [0.1, 0.15) is 24.8 Å². The maximum atomic E-state index is 12.8. The highest BCUT2D eigenvalue weighted by molar-refractivity contribution is 5.48. The first kappa shape index (κ1) is 12.7. The zero-order chi connectivity index (χ0) is 13.9.